The summed E-state index contributed by atoms with van der Waals surface area (Å²) in [5.41, 5.74) is 5.59. The van der Waals surface area contributed by atoms with Crippen molar-refractivity contribution in [1.82, 2.24) is 15.1 Å². The van der Waals surface area contributed by atoms with E-state index in [9.17, 15) is 5.26 Å². The summed E-state index contributed by atoms with van der Waals surface area (Å²) in [7, 11) is 0. The molecule has 0 amide bonds. The molecule has 1 aromatic carbocycles. The molecular formula is C22H25N5. The van der Waals surface area contributed by atoms with Gasteiger partial charge in [0.05, 0.1) is 16.9 Å². The molecule has 1 unspecified atom stereocenters. The van der Waals surface area contributed by atoms with Gasteiger partial charge in [0.15, 0.2) is 0 Å². The number of hydrogen-bond donors (Lipinski definition) is 0. The predicted molar refractivity (Wildman–Crippen MR) is 106 cm³/mol. The van der Waals surface area contributed by atoms with Crippen LogP contribution in [0.3, 0.4) is 0 Å². The number of hydrogen-bond acceptors (Lipinski definition) is 5. The van der Waals surface area contributed by atoms with E-state index in [1.807, 2.05) is 18.2 Å². The van der Waals surface area contributed by atoms with Crippen molar-refractivity contribution in [3.63, 3.8) is 0 Å². The lowest BCUT2D eigenvalue weighted by Crippen LogP contribution is -2.26. The summed E-state index contributed by atoms with van der Waals surface area (Å²) in [6.45, 7) is 8.25. The standard InChI is InChI=1S/C22H25N5/c1-16(2)8-17-5-6-18(10-23)22(9-17)27-13-19-11-26(12-20(19)14-27)15-21-4-3-7-24-25-21/h3-7,9,13,16,20H,8,11-12,14-15H2,1-2H3. The van der Waals surface area contributed by atoms with E-state index in [4.69, 9.17) is 0 Å². The molecule has 2 aromatic rings. The normalized spacial score (nSPS) is 19.3. The van der Waals surface area contributed by atoms with Gasteiger partial charge in [-0.2, -0.15) is 15.5 Å². The fourth-order valence-corrected chi connectivity index (χ4v) is 4.14. The Morgan fingerprint density at radius 1 is 1.26 bits per heavy atom. The minimum absolute atomic E-state index is 0.530. The molecule has 0 radical (unpaired) electrons. The highest BCUT2D eigenvalue weighted by atomic mass is 15.2. The second-order valence-electron chi connectivity index (χ2n) is 8.00. The van der Waals surface area contributed by atoms with Crippen LogP contribution in [0, 0.1) is 23.2 Å². The maximum Gasteiger partial charge on any atom is 0.101 e. The summed E-state index contributed by atoms with van der Waals surface area (Å²) in [5, 5.41) is 17.7. The number of anilines is 1. The molecule has 27 heavy (non-hydrogen) atoms. The van der Waals surface area contributed by atoms with Gasteiger partial charge in [-0.3, -0.25) is 4.90 Å². The molecule has 4 rings (SSSR count). The van der Waals surface area contributed by atoms with Crippen LogP contribution < -0.4 is 4.90 Å². The zero-order valence-corrected chi connectivity index (χ0v) is 16.0. The van der Waals surface area contributed by atoms with Gasteiger partial charge in [-0.1, -0.05) is 19.9 Å². The molecule has 5 nitrogen and oxygen atoms in total. The number of nitrogens with zero attached hydrogens (tertiary/aromatic N) is 5. The minimum Gasteiger partial charge on any atom is -0.346 e. The van der Waals surface area contributed by atoms with Gasteiger partial charge < -0.3 is 4.90 Å². The minimum atomic E-state index is 0.530. The quantitative estimate of drug-likeness (QED) is 0.819. The first-order chi connectivity index (χ1) is 13.1. The fraction of sp³-hybridized carbons (Fsp3) is 0.409. The average molecular weight is 359 g/mol. The van der Waals surface area contributed by atoms with E-state index in [0.717, 1.165) is 49.5 Å². The molecule has 2 aliphatic heterocycles. The Bertz CT molecular complexity index is 881. The van der Waals surface area contributed by atoms with Crippen molar-refractivity contribution in [3.05, 3.63) is 65.1 Å². The lowest BCUT2D eigenvalue weighted by Gasteiger charge is -2.22. The summed E-state index contributed by atoms with van der Waals surface area (Å²) in [5.74, 6) is 1.14. The summed E-state index contributed by atoms with van der Waals surface area (Å²) in [4.78, 5) is 4.71. The van der Waals surface area contributed by atoms with Gasteiger partial charge in [-0.25, -0.2) is 0 Å². The lowest BCUT2D eigenvalue weighted by atomic mass is 10.00. The van der Waals surface area contributed by atoms with Gasteiger partial charge in [0.1, 0.15) is 6.07 Å². The zero-order valence-electron chi connectivity index (χ0n) is 16.0. The smallest absolute Gasteiger partial charge is 0.101 e. The summed E-state index contributed by atoms with van der Waals surface area (Å²) in [6, 6.07) is 12.6. The molecule has 0 bridgehead atoms. The van der Waals surface area contributed by atoms with Gasteiger partial charge >= 0.3 is 0 Å². The lowest BCUT2D eigenvalue weighted by molar-refractivity contribution is 0.313. The summed E-state index contributed by atoms with van der Waals surface area (Å²) < 4.78 is 0. The number of benzene rings is 1. The second kappa shape index (κ2) is 7.50. The maximum atomic E-state index is 9.54. The molecule has 1 aromatic heterocycles. The van der Waals surface area contributed by atoms with Gasteiger partial charge in [-0.05, 0) is 47.7 Å². The molecule has 0 N–H and O–H groups in total. The van der Waals surface area contributed by atoms with Crippen molar-refractivity contribution < 1.29 is 0 Å². The highest BCUT2D eigenvalue weighted by molar-refractivity contribution is 5.64. The SMILES string of the molecule is CC(C)Cc1ccc(C#N)c(N2C=C3CN(Cc4cccnn4)CC3C2)c1. The first-order valence-electron chi connectivity index (χ1n) is 9.61. The van der Waals surface area contributed by atoms with Gasteiger partial charge in [0, 0.05) is 44.5 Å². The molecule has 1 fully saturated rings. The Hall–Kier alpha value is -2.71. The van der Waals surface area contributed by atoms with E-state index >= 15 is 0 Å². The van der Waals surface area contributed by atoms with E-state index in [2.05, 4.69) is 58.2 Å². The highest BCUT2D eigenvalue weighted by Crippen LogP contribution is 2.35. The third kappa shape index (κ3) is 3.86. The van der Waals surface area contributed by atoms with Gasteiger partial charge in [0.2, 0.25) is 0 Å². The Kier molecular flexibility index (Phi) is 4.91. The first kappa shape index (κ1) is 17.7. The molecule has 5 heteroatoms. The molecule has 3 heterocycles. The van der Waals surface area contributed by atoms with Crippen LogP contribution in [0.2, 0.25) is 0 Å². The van der Waals surface area contributed by atoms with Gasteiger partial charge in [-0.15, -0.1) is 0 Å². The number of nitriles is 1. The first-order valence-corrected chi connectivity index (χ1v) is 9.61. The largest absolute Gasteiger partial charge is 0.346 e. The molecule has 0 aliphatic carbocycles. The molecule has 0 saturated carbocycles. The number of likely N-dealkylation sites (tertiary alicyclic amines) is 1. The van der Waals surface area contributed by atoms with E-state index in [0.29, 0.717) is 11.8 Å². The Morgan fingerprint density at radius 2 is 2.15 bits per heavy atom. The van der Waals surface area contributed by atoms with Crippen molar-refractivity contribution in [2.45, 2.75) is 26.8 Å². The second-order valence-corrected chi connectivity index (χ2v) is 8.00. The van der Waals surface area contributed by atoms with Crippen molar-refractivity contribution in [3.8, 4) is 6.07 Å². The molecule has 138 valence electrons. The number of fused-ring (bicyclic) bond motifs is 1. The molecular weight excluding hydrogens is 334 g/mol. The summed E-state index contributed by atoms with van der Waals surface area (Å²) in [6.07, 6.45) is 5.01. The average Bonchev–Trinajstić information content (AvgIpc) is 3.20. The Balaban J connectivity index is 1.50. The molecule has 1 atom stereocenters. The van der Waals surface area contributed by atoms with Crippen LogP contribution in [0.25, 0.3) is 0 Å². The van der Waals surface area contributed by atoms with Crippen molar-refractivity contribution in [2.75, 3.05) is 24.5 Å². The van der Waals surface area contributed by atoms with Crippen LogP contribution in [-0.2, 0) is 13.0 Å². The van der Waals surface area contributed by atoms with Crippen LogP contribution in [0.15, 0.2) is 48.3 Å². The molecule has 0 spiro atoms. The Morgan fingerprint density at radius 3 is 2.85 bits per heavy atom. The van der Waals surface area contributed by atoms with Crippen LogP contribution in [0.1, 0.15) is 30.7 Å². The monoisotopic (exact) mass is 359 g/mol. The van der Waals surface area contributed by atoms with Crippen molar-refractivity contribution >= 4 is 5.69 Å². The Labute approximate surface area is 160 Å². The van der Waals surface area contributed by atoms with E-state index in [1.165, 1.54) is 11.1 Å². The molecule has 2 aliphatic rings. The van der Waals surface area contributed by atoms with Crippen LogP contribution >= 0.6 is 0 Å². The van der Waals surface area contributed by atoms with E-state index in [1.54, 1.807) is 6.20 Å². The van der Waals surface area contributed by atoms with Crippen LogP contribution in [-0.4, -0.2) is 34.7 Å². The highest BCUT2D eigenvalue weighted by Gasteiger charge is 2.34. The number of rotatable bonds is 5. The third-order valence-electron chi connectivity index (χ3n) is 5.30. The van der Waals surface area contributed by atoms with Crippen molar-refractivity contribution in [2.24, 2.45) is 11.8 Å². The van der Waals surface area contributed by atoms with E-state index < -0.39 is 0 Å². The number of aromatic nitrogens is 2. The predicted octanol–water partition coefficient (Wildman–Crippen LogP) is 3.38. The summed E-state index contributed by atoms with van der Waals surface area (Å²) >= 11 is 0. The van der Waals surface area contributed by atoms with Gasteiger partial charge in [0.25, 0.3) is 0 Å². The molecule has 1 saturated heterocycles. The third-order valence-corrected chi connectivity index (χ3v) is 5.30. The van der Waals surface area contributed by atoms with Crippen LogP contribution in [0.5, 0.6) is 0 Å². The zero-order chi connectivity index (χ0) is 18.8. The van der Waals surface area contributed by atoms with Crippen LogP contribution in [0.4, 0.5) is 5.69 Å². The maximum absolute atomic E-state index is 9.54. The van der Waals surface area contributed by atoms with Crippen molar-refractivity contribution in [1.29, 1.82) is 5.26 Å². The fourth-order valence-electron chi connectivity index (χ4n) is 4.14. The van der Waals surface area contributed by atoms with E-state index in [-0.39, 0.29) is 0 Å². The topological polar surface area (TPSA) is 56.1 Å².